The average molecular weight is 194 g/mol. The molecule has 0 aromatic carbocycles. The first-order chi connectivity index (χ1) is 6.38. The van der Waals surface area contributed by atoms with Crippen molar-refractivity contribution in [2.24, 2.45) is 22.2 Å². The second kappa shape index (κ2) is 2.77. The molecule has 2 bridgehead atoms. The number of fused-ring (bicyclic) bond motifs is 1. The van der Waals surface area contributed by atoms with Crippen LogP contribution in [0, 0.1) is 22.2 Å². The second-order valence-electron chi connectivity index (χ2n) is 6.81. The van der Waals surface area contributed by atoms with Crippen molar-refractivity contribution in [1.82, 2.24) is 0 Å². The van der Waals surface area contributed by atoms with Gasteiger partial charge in [0, 0.05) is 0 Å². The van der Waals surface area contributed by atoms with Crippen molar-refractivity contribution in [3.8, 4) is 0 Å². The zero-order chi connectivity index (χ0) is 10.6. The van der Waals surface area contributed by atoms with Gasteiger partial charge in [-0.1, -0.05) is 47.5 Å². The zero-order valence-corrected chi connectivity index (χ0v) is 10.6. The molecule has 0 spiro atoms. The van der Waals surface area contributed by atoms with E-state index in [0.29, 0.717) is 16.2 Å². The largest absolute Gasteiger partial charge is 0.0654 e. The summed E-state index contributed by atoms with van der Waals surface area (Å²) in [5.41, 5.74) is 2.01. The van der Waals surface area contributed by atoms with Crippen LogP contribution < -0.4 is 0 Å². The molecule has 0 aliphatic heterocycles. The highest BCUT2D eigenvalue weighted by atomic mass is 14.7. The summed E-state index contributed by atoms with van der Waals surface area (Å²) >= 11 is 0. The zero-order valence-electron chi connectivity index (χ0n) is 10.6. The Balaban J connectivity index is 2.19. The Morgan fingerprint density at radius 1 is 1.14 bits per heavy atom. The quantitative estimate of drug-likeness (QED) is 0.614. The molecule has 0 N–H and O–H groups in total. The van der Waals surface area contributed by atoms with E-state index in [1.165, 1.54) is 32.1 Å². The maximum absolute atomic E-state index is 2.56. The van der Waals surface area contributed by atoms with Gasteiger partial charge in [0.15, 0.2) is 0 Å². The van der Waals surface area contributed by atoms with Crippen LogP contribution >= 0.6 is 0 Å². The normalized spacial score (nSPS) is 55.9. The molecule has 0 radical (unpaired) electrons. The van der Waals surface area contributed by atoms with E-state index in [-0.39, 0.29) is 0 Å². The molecule has 0 aromatic rings. The van der Waals surface area contributed by atoms with Crippen LogP contribution in [-0.2, 0) is 0 Å². The summed E-state index contributed by atoms with van der Waals surface area (Å²) in [7, 11) is 0. The van der Waals surface area contributed by atoms with Crippen molar-refractivity contribution >= 4 is 0 Å². The van der Waals surface area contributed by atoms with Gasteiger partial charge < -0.3 is 0 Å². The highest BCUT2D eigenvalue weighted by Gasteiger charge is 2.70. The van der Waals surface area contributed by atoms with Gasteiger partial charge in [0.05, 0.1) is 0 Å². The Morgan fingerprint density at radius 3 is 2.07 bits per heavy atom. The molecule has 0 unspecified atom stereocenters. The van der Waals surface area contributed by atoms with Crippen molar-refractivity contribution < 1.29 is 0 Å². The number of hydrogen-bond acceptors (Lipinski definition) is 0. The van der Waals surface area contributed by atoms with Gasteiger partial charge >= 0.3 is 0 Å². The summed E-state index contributed by atoms with van der Waals surface area (Å²) in [6, 6.07) is 0. The van der Waals surface area contributed by atoms with Gasteiger partial charge in [0.25, 0.3) is 0 Å². The molecule has 0 saturated heterocycles. The Morgan fingerprint density at radius 2 is 1.71 bits per heavy atom. The topological polar surface area (TPSA) is 0 Å². The highest BCUT2D eigenvalue weighted by molar-refractivity contribution is 5.19. The minimum absolute atomic E-state index is 0.637. The standard InChI is InChI=1S/C14H26/c1-6-7-8-14(5)11(2)12(3)9-13(14,4)10-12/h11H,6-10H2,1-5H3/t11-,12?,13?,14+/m0/s1. The van der Waals surface area contributed by atoms with Crippen LogP contribution in [0.5, 0.6) is 0 Å². The van der Waals surface area contributed by atoms with Crippen molar-refractivity contribution in [3.05, 3.63) is 0 Å². The van der Waals surface area contributed by atoms with Gasteiger partial charge in [-0.25, -0.2) is 0 Å². The van der Waals surface area contributed by atoms with Crippen LogP contribution in [0.4, 0.5) is 0 Å². The molecule has 0 heteroatoms. The molecular formula is C14H26. The lowest BCUT2D eigenvalue weighted by Gasteiger charge is -2.48. The molecule has 14 heavy (non-hydrogen) atoms. The van der Waals surface area contributed by atoms with Crippen LogP contribution in [0.1, 0.15) is 66.7 Å². The predicted molar refractivity (Wildman–Crippen MR) is 62.2 cm³/mol. The lowest BCUT2D eigenvalue weighted by molar-refractivity contribution is 0.0222. The van der Waals surface area contributed by atoms with Crippen molar-refractivity contribution in [3.63, 3.8) is 0 Å². The first-order valence-corrected chi connectivity index (χ1v) is 6.38. The number of rotatable bonds is 3. The van der Waals surface area contributed by atoms with Crippen LogP contribution in [0.3, 0.4) is 0 Å². The Bertz CT molecular complexity index is 234. The Labute approximate surface area is 89.5 Å². The minimum atomic E-state index is 0.637. The molecule has 3 rings (SSSR count). The fourth-order valence-electron chi connectivity index (χ4n) is 4.79. The highest BCUT2D eigenvalue weighted by Crippen LogP contribution is 2.78. The summed E-state index contributed by atoms with van der Waals surface area (Å²) in [6.45, 7) is 12.4. The minimum Gasteiger partial charge on any atom is -0.0654 e. The van der Waals surface area contributed by atoms with Gasteiger partial charge in [-0.05, 0) is 41.4 Å². The van der Waals surface area contributed by atoms with Crippen LogP contribution in [-0.4, -0.2) is 0 Å². The maximum Gasteiger partial charge on any atom is -0.0241 e. The SMILES string of the molecule is CCCC[C@]1(C)[C@@H](C)C2(C)CC1(C)C2. The molecule has 0 aromatic heterocycles. The Hall–Kier alpha value is 0. The van der Waals surface area contributed by atoms with E-state index in [1.54, 1.807) is 0 Å². The molecule has 0 amide bonds. The summed E-state index contributed by atoms with van der Waals surface area (Å²) in [5, 5.41) is 0. The third kappa shape index (κ3) is 1.01. The molecule has 3 saturated carbocycles. The van der Waals surface area contributed by atoms with Crippen LogP contribution in [0.25, 0.3) is 0 Å². The number of hydrogen-bond donors (Lipinski definition) is 0. The molecule has 0 nitrogen and oxygen atoms in total. The first-order valence-electron chi connectivity index (χ1n) is 6.38. The van der Waals surface area contributed by atoms with E-state index >= 15 is 0 Å². The van der Waals surface area contributed by atoms with Crippen LogP contribution in [0.15, 0.2) is 0 Å². The average Bonchev–Trinajstić information content (AvgIpc) is 2.30. The van der Waals surface area contributed by atoms with E-state index in [4.69, 9.17) is 0 Å². The second-order valence-corrected chi connectivity index (χ2v) is 6.81. The fourth-order valence-corrected chi connectivity index (χ4v) is 4.79. The predicted octanol–water partition coefficient (Wildman–Crippen LogP) is 4.64. The van der Waals surface area contributed by atoms with Gasteiger partial charge in [-0.15, -0.1) is 0 Å². The molecular weight excluding hydrogens is 168 g/mol. The van der Waals surface area contributed by atoms with Gasteiger partial charge in [0.2, 0.25) is 0 Å². The van der Waals surface area contributed by atoms with Crippen LogP contribution in [0.2, 0.25) is 0 Å². The smallest absolute Gasteiger partial charge is 0.0241 e. The van der Waals surface area contributed by atoms with E-state index in [2.05, 4.69) is 34.6 Å². The molecule has 3 fully saturated rings. The fraction of sp³-hybridized carbons (Fsp3) is 1.00. The molecule has 82 valence electrons. The third-order valence-electron chi connectivity index (χ3n) is 6.02. The van der Waals surface area contributed by atoms with E-state index in [1.807, 2.05) is 0 Å². The molecule has 0 heterocycles. The molecule has 3 aliphatic rings. The molecule has 3 aliphatic carbocycles. The Kier molecular flexibility index (Phi) is 2.08. The van der Waals surface area contributed by atoms with Gasteiger partial charge in [-0.3, -0.25) is 0 Å². The first kappa shape index (κ1) is 10.5. The maximum atomic E-state index is 2.56. The van der Waals surface area contributed by atoms with Crippen molar-refractivity contribution in [1.29, 1.82) is 0 Å². The lowest BCUT2D eigenvalue weighted by atomic mass is 9.57. The van der Waals surface area contributed by atoms with Crippen molar-refractivity contribution in [2.45, 2.75) is 66.7 Å². The third-order valence-corrected chi connectivity index (χ3v) is 6.02. The van der Waals surface area contributed by atoms with Gasteiger partial charge in [0.1, 0.15) is 0 Å². The summed E-state index contributed by atoms with van der Waals surface area (Å²) in [6.07, 6.45) is 7.21. The van der Waals surface area contributed by atoms with E-state index in [9.17, 15) is 0 Å². The summed E-state index contributed by atoms with van der Waals surface area (Å²) in [5.74, 6) is 0.937. The van der Waals surface area contributed by atoms with Gasteiger partial charge in [-0.2, -0.15) is 0 Å². The number of unbranched alkanes of at least 4 members (excludes halogenated alkanes) is 1. The van der Waals surface area contributed by atoms with E-state index < -0.39 is 0 Å². The summed E-state index contributed by atoms with van der Waals surface area (Å²) < 4.78 is 0. The molecule has 2 atom stereocenters. The van der Waals surface area contributed by atoms with Crippen molar-refractivity contribution in [2.75, 3.05) is 0 Å². The van der Waals surface area contributed by atoms with E-state index in [0.717, 1.165) is 5.92 Å². The lowest BCUT2D eigenvalue weighted by Crippen LogP contribution is -2.38. The monoisotopic (exact) mass is 194 g/mol. The summed E-state index contributed by atoms with van der Waals surface area (Å²) in [4.78, 5) is 0.